The molecule has 1 N–H and O–H groups in total. The Labute approximate surface area is 208 Å². The van der Waals surface area contributed by atoms with Crippen LogP contribution in [0.15, 0.2) is 45.5 Å². The van der Waals surface area contributed by atoms with E-state index in [1.807, 2.05) is 51.1 Å². The Morgan fingerprint density at radius 1 is 1.15 bits per heavy atom. The lowest BCUT2D eigenvalue weighted by Crippen LogP contribution is -2.33. The first kappa shape index (κ1) is 26.0. The lowest BCUT2D eigenvalue weighted by molar-refractivity contribution is -0.136. The highest BCUT2D eigenvalue weighted by Gasteiger charge is 2.28. The van der Waals surface area contributed by atoms with Crippen molar-refractivity contribution >= 4 is 60.8 Å². The molecule has 0 bridgehead atoms. The van der Waals surface area contributed by atoms with E-state index in [4.69, 9.17) is 16.7 Å². The molecule has 0 spiro atoms. The number of fused-ring (bicyclic) bond motifs is 1. The van der Waals surface area contributed by atoms with Crippen molar-refractivity contribution in [3.8, 4) is 0 Å². The number of halogens is 1. The summed E-state index contributed by atoms with van der Waals surface area (Å²) in [6, 6.07) is 11.5. The van der Waals surface area contributed by atoms with Gasteiger partial charge in [0, 0.05) is 39.9 Å². The number of rotatable bonds is 11. The first-order chi connectivity index (χ1) is 15.6. The van der Waals surface area contributed by atoms with Gasteiger partial charge in [-0.1, -0.05) is 24.6 Å². The zero-order valence-electron chi connectivity index (χ0n) is 18.9. The molecule has 5 nitrogen and oxygen atoms in total. The number of nitrogens with zero attached hydrogens (tertiary/aromatic N) is 1. The molecule has 0 saturated heterocycles. The van der Waals surface area contributed by atoms with Gasteiger partial charge in [-0.15, -0.1) is 23.1 Å². The molecule has 0 atom stereocenters. The van der Waals surface area contributed by atoms with Crippen LogP contribution in [0.3, 0.4) is 0 Å². The smallest absolute Gasteiger partial charge is 0.303 e. The van der Waals surface area contributed by atoms with Gasteiger partial charge in [0.05, 0.1) is 0 Å². The van der Waals surface area contributed by atoms with Gasteiger partial charge in [-0.25, -0.2) is 8.42 Å². The molecule has 0 amide bonds. The van der Waals surface area contributed by atoms with Crippen LogP contribution in [-0.4, -0.2) is 42.6 Å². The molecule has 1 aromatic heterocycles. The summed E-state index contributed by atoms with van der Waals surface area (Å²) in [6.45, 7) is 6.67. The van der Waals surface area contributed by atoms with Crippen LogP contribution in [0.1, 0.15) is 36.5 Å². The van der Waals surface area contributed by atoms with E-state index in [0.717, 1.165) is 38.1 Å². The Hall–Kier alpha value is -1.58. The number of aryl methyl sites for hydroxylation is 3. The van der Waals surface area contributed by atoms with Crippen LogP contribution in [-0.2, 0) is 21.2 Å². The van der Waals surface area contributed by atoms with Crippen molar-refractivity contribution in [2.24, 2.45) is 0 Å². The van der Waals surface area contributed by atoms with Crippen molar-refractivity contribution < 1.29 is 18.3 Å². The minimum Gasteiger partial charge on any atom is -0.481 e. The normalized spacial score (nSPS) is 12.0. The van der Waals surface area contributed by atoms with E-state index < -0.39 is 16.0 Å². The number of sulfonamides is 1. The molecule has 0 saturated carbocycles. The highest BCUT2D eigenvalue weighted by molar-refractivity contribution is 7.99. The zero-order valence-corrected chi connectivity index (χ0v) is 22.1. The molecule has 0 aliphatic heterocycles. The van der Waals surface area contributed by atoms with Crippen molar-refractivity contribution in [1.29, 1.82) is 0 Å². The molecule has 0 radical (unpaired) electrons. The van der Waals surface area contributed by atoms with Gasteiger partial charge in [-0.3, -0.25) is 4.79 Å². The largest absolute Gasteiger partial charge is 0.481 e. The number of carboxylic acid groups (broad SMARTS) is 1. The Bertz CT molecular complexity index is 1250. The standard InChI is InChI=1S/C24H28ClNO4S3/c1-4-11-26(12-13-31-20-8-5-18(16(2)14-20)6-10-23(27)28)33(29,30)24-17(3)21-15-19(25)7-9-22(21)32-24/h5,7-9,14-15H,4,6,10-13H2,1-3H3,(H,27,28). The number of carbonyl (C=O) groups is 1. The van der Waals surface area contributed by atoms with E-state index in [9.17, 15) is 13.2 Å². The summed E-state index contributed by atoms with van der Waals surface area (Å²) in [4.78, 5) is 11.9. The minimum atomic E-state index is -3.61. The van der Waals surface area contributed by atoms with E-state index in [2.05, 4.69) is 0 Å². The molecule has 0 aliphatic carbocycles. The van der Waals surface area contributed by atoms with Gasteiger partial charge in [-0.2, -0.15) is 4.31 Å². The Kier molecular flexibility index (Phi) is 8.86. The van der Waals surface area contributed by atoms with E-state index in [1.165, 1.54) is 11.3 Å². The van der Waals surface area contributed by atoms with Crippen molar-refractivity contribution in [3.63, 3.8) is 0 Å². The number of benzene rings is 2. The maximum atomic E-state index is 13.5. The average molecular weight is 526 g/mol. The second-order valence-corrected chi connectivity index (χ2v) is 12.7. The maximum absolute atomic E-state index is 13.5. The molecule has 33 heavy (non-hydrogen) atoms. The van der Waals surface area contributed by atoms with E-state index >= 15 is 0 Å². The zero-order chi connectivity index (χ0) is 24.2. The van der Waals surface area contributed by atoms with E-state index in [0.29, 0.717) is 34.5 Å². The monoisotopic (exact) mass is 525 g/mol. The van der Waals surface area contributed by atoms with Crippen LogP contribution >= 0.6 is 34.7 Å². The van der Waals surface area contributed by atoms with Crippen LogP contribution in [0.5, 0.6) is 0 Å². The Morgan fingerprint density at radius 2 is 1.91 bits per heavy atom. The number of aliphatic carboxylic acids is 1. The van der Waals surface area contributed by atoms with Crippen LogP contribution in [0.4, 0.5) is 0 Å². The molecule has 3 rings (SSSR count). The SMILES string of the molecule is CCCN(CCSc1ccc(CCC(=O)O)c(C)c1)S(=O)(=O)c1sc2ccc(Cl)cc2c1C. The lowest BCUT2D eigenvalue weighted by Gasteiger charge is -2.21. The van der Waals surface area contributed by atoms with Crippen LogP contribution < -0.4 is 0 Å². The molecule has 0 fully saturated rings. The molecule has 1 heterocycles. The third-order valence-electron chi connectivity index (χ3n) is 5.43. The van der Waals surface area contributed by atoms with Crippen LogP contribution in [0.25, 0.3) is 10.1 Å². The second-order valence-electron chi connectivity index (χ2n) is 7.89. The quantitative estimate of drug-likeness (QED) is 0.294. The number of hydrogen-bond acceptors (Lipinski definition) is 5. The average Bonchev–Trinajstić information content (AvgIpc) is 3.09. The van der Waals surface area contributed by atoms with Crippen molar-refractivity contribution in [3.05, 3.63) is 58.1 Å². The number of thioether (sulfide) groups is 1. The summed E-state index contributed by atoms with van der Waals surface area (Å²) in [5.41, 5.74) is 2.83. The highest BCUT2D eigenvalue weighted by Crippen LogP contribution is 2.37. The van der Waals surface area contributed by atoms with Crippen LogP contribution in [0.2, 0.25) is 5.02 Å². The Morgan fingerprint density at radius 3 is 2.58 bits per heavy atom. The summed E-state index contributed by atoms with van der Waals surface area (Å²) >= 11 is 9.03. The third-order valence-corrected chi connectivity index (χ3v) is 10.4. The predicted octanol–water partition coefficient (Wildman–Crippen LogP) is 6.38. The second kappa shape index (κ2) is 11.2. The molecule has 2 aromatic carbocycles. The van der Waals surface area contributed by atoms with Gasteiger partial charge in [-0.05, 0) is 79.1 Å². The number of thiophene rings is 1. The van der Waals surface area contributed by atoms with Gasteiger partial charge in [0.15, 0.2) is 0 Å². The molecule has 0 unspecified atom stereocenters. The summed E-state index contributed by atoms with van der Waals surface area (Å²) < 4.78 is 29.9. The first-order valence-corrected chi connectivity index (χ1v) is 14.4. The van der Waals surface area contributed by atoms with E-state index in [1.54, 1.807) is 22.1 Å². The van der Waals surface area contributed by atoms with E-state index in [-0.39, 0.29) is 6.42 Å². The fourth-order valence-electron chi connectivity index (χ4n) is 3.68. The van der Waals surface area contributed by atoms with Gasteiger partial charge >= 0.3 is 5.97 Å². The number of hydrogen-bond donors (Lipinski definition) is 1. The maximum Gasteiger partial charge on any atom is 0.303 e. The summed E-state index contributed by atoms with van der Waals surface area (Å²) in [5, 5.41) is 10.4. The molecule has 0 aliphatic rings. The third kappa shape index (κ3) is 6.31. The minimum absolute atomic E-state index is 0.112. The van der Waals surface area contributed by atoms with Crippen molar-refractivity contribution in [2.45, 2.75) is 49.1 Å². The first-order valence-electron chi connectivity index (χ1n) is 10.8. The summed E-state index contributed by atoms with van der Waals surface area (Å²) in [6.07, 6.45) is 1.35. The van der Waals surface area contributed by atoms with Gasteiger partial charge in [0.1, 0.15) is 4.21 Å². The molecule has 9 heteroatoms. The highest BCUT2D eigenvalue weighted by atomic mass is 35.5. The predicted molar refractivity (Wildman–Crippen MR) is 138 cm³/mol. The molecule has 3 aromatic rings. The molecular weight excluding hydrogens is 498 g/mol. The van der Waals surface area contributed by atoms with Gasteiger partial charge in [0.25, 0.3) is 10.0 Å². The fourth-order valence-corrected chi connectivity index (χ4v) is 8.35. The van der Waals surface area contributed by atoms with Gasteiger partial charge < -0.3 is 5.11 Å². The van der Waals surface area contributed by atoms with Crippen molar-refractivity contribution in [2.75, 3.05) is 18.8 Å². The van der Waals surface area contributed by atoms with Crippen molar-refractivity contribution in [1.82, 2.24) is 4.31 Å². The molecular formula is C24H28ClNO4S3. The van der Waals surface area contributed by atoms with Crippen LogP contribution in [0, 0.1) is 13.8 Å². The summed E-state index contributed by atoms with van der Waals surface area (Å²) in [5.74, 6) is -0.176. The number of carboxylic acids is 1. The summed E-state index contributed by atoms with van der Waals surface area (Å²) in [7, 11) is -3.61. The molecule has 178 valence electrons. The van der Waals surface area contributed by atoms with Gasteiger partial charge in [0.2, 0.25) is 0 Å². The topological polar surface area (TPSA) is 74.7 Å². The fraction of sp³-hybridized carbons (Fsp3) is 0.375. The lowest BCUT2D eigenvalue weighted by atomic mass is 10.0. The Balaban J connectivity index is 1.73.